The number of allylic oxidation sites excluding steroid dienone is 2. The first kappa shape index (κ1) is 15.7. The normalized spacial score (nSPS) is 13.6. The van der Waals surface area contributed by atoms with Crippen LogP contribution in [0.4, 0.5) is 0 Å². The van der Waals surface area contributed by atoms with Crippen molar-refractivity contribution in [2.24, 2.45) is 10.7 Å². The van der Waals surface area contributed by atoms with Crippen molar-refractivity contribution in [2.75, 3.05) is 13.3 Å². The predicted octanol–water partition coefficient (Wildman–Crippen LogP) is 0.980. The molecule has 0 saturated heterocycles. The van der Waals surface area contributed by atoms with Crippen LogP contribution in [0.25, 0.3) is 0 Å². The van der Waals surface area contributed by atoms with E-state index in [2.05, 4.69) is 24.6 Å². The summed E-state index contributed by atoms with van der Waals surface area (Å²) in [5, 5.41) is 0. The lowest BCUT2D eigenvalue weighted by molar-refractivity contribution is -0.105. The Morgan fingerprint density at radius 3 is 2.41 bits per heavy atom. The fourth-order valence-electron chi connectivity index (χ4n) is 0.885. The van der Waals surface area contributed by atoms with E-state index < -0.39 is 8.07 Å². The molecule has 96 valence electrons. The summed E-state index contributed by atoms with van der Waals surface area (Å²) in [6.07, 6.45) is 2.23. The lowest BCUT2D eigenvalue weighted by Gasteiger charge is -2.14. The Kier molecular flexibility index (Phi) is 7.32. The maximum Gasteiger partial charge on any atom is 0.168 e. The van der Waals surface area contributed by atoms with Crippen LogP contribution < -0.4 is 5.73 Å². The first-order chi connectivity index (χ1) is 7.89. The molecule has 5 nitrogen and oxygen atoms in total. The van der Waals surface area contributed by atoms with E-state index >= 15 is 0 Å². The summed E-state index contributed by atoms with van der Waals surface area (Å²) < 4.78 is 5.29. The van der Waals surface area contributed by atoms with Gasteiger partial charge in [-0.2, -0.15) is 0 Å². The Morgan fingerprint density at radius 2 is 1.94 bits per heavy atom. The highest BCUT2D eigenvalue weighted by molar-refractivity contribution is 6.76. The molecular formula is C11H20N2O3Si. The fourth-order valence-corrected chi connectivity index (χ4v) is 1.64. The Balaban J connectivity index is 4.05. The van der Waals surface area contributed by atoms with Crippen LogP contribution in [0.5, 0.6) is 0 Å². The molecule has 0 aliphatic carbocycles. The lowest BCUT2D eigenvalue weighted by Crippen LogP contribution is -2.21. The van der Waals surface area contributed by atoms with Gasteiger partial charge in [0, 0.05) is 14.7 Å². The van der Waals surface area contributed by atoms with Gasteiger partial charge in [0.15, 0.2) is 12.6 Å². The van der Waals surface area contributed by atoms with Gasteiger partial charge in [-0.1, -0.05) is 19.6 Å². The molecule has 2 N–H and O–H groups in total. The number of rotatable bonds is 8. The van der Waals surface area contributed by atoms with Gasteiger partial charge >= 0.3 is 0 Å². The van der Waals surface area contributed by atoms with Crippen LogP contribution in [0.2, 0.25) is 25.7 Å². The molecule has 0 aromatic rings. The minimum absolute atomic E-state index is 0.0297. The van der Waals surface area contributed by atoms with Crippen LogP contribution in [-0.2, 0) is 14.3 Å². The zero-order chi connectivity index (χ0) is 13.3. The Morgan fingerprint density at radius 1 is 1.29 bits per heavy atom. The van der Waals surface area contributed by atoms with E-state index in [4.69, 9.17) is 10.5 Å². The van der Waals surface area contributed by atoms with E-state index in [1.165, 1.54) is 6.08 Å². The molecule has 0 aliphatic rings. The smallest absolute Gasteiger partial charge is 0.168 e. The summed E-state index contributed by atoms with van der Waals surface area (Å²) in [7, 11) is -1.10. The third kappa shape index (κ3) is 9.64. The van der Waals surface area contributed by atoms with Gasteiger partial charge in [-0.15, -0.1) is 0 Å². The molecule has 0 aromatic carbocycles. The molecule has 0 amide bonds. The van der Waals surface area contributed by atoms with Gasteiger partial charge in [-0.05, 0) is 12.1 Å². The summed E-state index contributed by atoms with van der Waals surface area (Å²) in [6, 6.07) is 1.05. The summed E-state index contributed by atoms with van der Waals surface area (Å²) in [6.45, 7) is 7.51. The number of hydrogen-bond donors (Lipinski definition) is 1. The largest absolute Gasteiger partial charge is 0.396 e. The summed E-state index contributed by atoms with van der Waals surface area (Å²) >= 11 is 0. The first-order valence-corrected chi connectivity index (χ1v) is 9.09. The molecule has 0 heterocycles. The van der Waals surface area contributed by atoms with Crippen molar-refractivity contribution in [3.63, 3.8) is 0 Å². The number of carbonyl (C=O) groups is 2. The second kappa shape index (κ2) is 7.91. The molecule has 0 spiro atoms. The van der Waals surface area contributed by atoms with Crippen LogP contribution in [0.15, 0.2) is 16.8 Å². The van der Waals surface area contributed by atoms with E-state index in [0.717, 1.165) is 6.04 Å². The number of nitrogens with zero attached hydrogens (tertiary/aromatic N) is 1. The third-order valence-electron chi connectivity index (χ3n) is 1.91. The molecule has 0 aliphatic heterocycles. The van der Waals surface area contributed by atoms with Crippen molar-refractivity contribution < 1.29 is 14.3 Å². The second-order valence-electron chi connectivity index (χ2n) is 4.81. The quantitative estimate of drug-likeness (QED) is 0.231. The Hall–Kier alpha value is -1.27. The molecule has 0 saturated carbocycles. The number of ether oxygens (including phenoxy) is 1. The van der Waals surface area contributed by atoms with E-state index in [-0.39, 0.29) is 18.1 Å². The minimum atomic E-state index is -1.10. The van der Waals surface area contributed by atoms with Crippen LogP contribution in [0, 0.1) is 0 Å². The van der Waals surface area contributed by atoms with Crippen molar-refractivity contribution in [3.8, 4) is 0 Å². The average molecular weight is 256 g/mol. The van der Waals surface area contributed by atoms with Crippen LogP contribution >= 0.6 is 0 Å². The van der Waals surface area contributed by atoms with Gasteiger partial charge in [0.05, 0.1) is 5.70 Å². The number of carbonyl (C=O) groups excluding carboxylic acids is 2. The molecule has 0 rings (SSSR count). The van der Waals surface area contributed by atoms with Crippen LogP contribution in [-0.4, -0.2) is 39.7 Å². The van der Waals surface area contributed by atoms with Crippen molar-refractivity contribution in [1.29, 1.82) is 0 Å². The van der Waals surface area contributed by atoms with Crippen molar-refractivity contribution in [1.82, 2.24) is 0 Å². The molecule has 0 unspecified atom stereocenters. The van der Waals surface area contributed by atoms with Gasteiger partial charge in [0.1, 0.15) is 12.4 Å². The highest BCUT2D eigenvalue weighted by Crippen LogP contribution is 2.07. The standard InChI is InChI=1S/C11H20N2O3Si/c1-17(2,3)5-4-16-9-13-11(8-15)6-10(12)7-14/h6-8H,4-5,9,12H2,1-3H3. The van der Waals surface area contributed by atoms with Gasteiger partial charge in [0.2, 0.25) is 0 Å². The number of hydrogen-bond acceptors (Lipinski definition) is 5. The molecule has 0 atom stereocenters. The maximum atomic E-state index is 10.6. The summed E-state index contributed by atoms with van der Waals surface area (Å²) in [5.41, 5.74) is 5.34. The predicted molar refractivity (Wildman–Crippen MR) is 70.8 cm³/mol. The number of aldehydes is 2. The fraction of sp³-hybridized carbons (Fsp3) is 0.545. The summed E-state index contributed by atoms with van der Waals surface area (Å²) in [5.74, 6) is 0. The zero-order valence-electron chi connectivity index (χ0n) is 10.6. The Labute approximate surface area is 103 Å². The number of nitrogens with two attached hydrogens (primary N) is 1. The van der Waals surface area contributed by atoms with Gasteiger partial charge in [0.25, 0.3) is 0 Å². The topological polar surface area (TPSA) is 81.8 Å². The maximum absolute atomic E-state index is 10.6. The first-order valence-electron chi connectivity index (χ1n) is 5.39. The van der Waals surface area contributed by atoms with E-state index in [1.54, 1.807) is 0 Å². The monoisotopic (exact) mass is 256 g/mol. The molecule has 17 heavy (non-hydrogen) atoms. The average Bonchev–Trinajstić information content (AvgIpc) is 2.25. The molecule has 0 aromatic heterocycles. The van der Waals surface area contributed by atoms with Crippen LogP contribution in [0.3, 0.4) is 0 Å². The van der Waals surface area contributed by atoms with Crippen molar-refractivity contribution in [2.45, 2.75) is 25.7 Å². The minimum Gasteiger partial charge on any atom is -0.396 e. The molecule has 0 bridgehead atoms. The highest BCUT2D eigenvalue weighted by Gasteiger charge is 2.11. The molecule has 0 radical (unpaired) electrons. The zero-order valence-corrected chi connectivity index (χ0v) is 11.6. The van der Waals surface area contributed by atoms with E-state index in [0.29, 0.717) is 19.2 Å². The van der Waals surface area contributed by atoms with E-state index in [9.17, 15) is 9.59 Å². The SMILES string of the molecule is C[Si](C)(C)CCOCN=C(C=O)C=C(N)C=O. The van der Waals surface area contributed by atoms with Crippen LogP contribution in [0.1, 0.15) is 0 Å². The molecule has 6 heteroatoms. The number of aliphatic imine (C=N–C) groups is 1. The lowest BCUT2D eigenvalue weighted by atomic mass is 10.3. The molecular weight excluding hydrogens is 236 g/mol. The highest BCUT2D eigenvalue weighted by atomic mass is 28.3. The van der Waals surface area contributed by atoms with Crippen molar-refractivity contribution >= 4 is 26.4 Å². The van der Waals surface area contributed by atoms with E-state index in [1.807, 2.05) is 0 Å². The third-order valence-corrected chi connectivity index (χ3v) is 3.61. The Bertz CT molecular complexity index is 319. The summed E-state index contributed by atoms with van der Waals surface area (Å²) in [4.78, 5) is 24.7. The van der Waals surface area contributed by atoms with Gasteiger partial charge < -0.3 is 10.5 Å². The van der Waals surface area contributed by atoms with Crippen molar-refractivity contribution in [3.05, 3.63) is 11.8 Å². The second-order valence-corrected chi connectivity index (χ2v) is 10.4. The molecule has 0 fully saturated rings. The van der Waals surface area contributed by atoms with Gasteiger partial charge in [-0.3, -0.25) is 14.6 Å². The van der Waals surface area contributed by atoms with Gasteiger partial charge in [-0.25, -0.2) is 0 Å².